The summed E-state index contributed by atoms with van der Waals surface area (Å²) in [4.78, 5) is 1.24. The van der Waals surface area contributed by atoms with Crippen LogP contribution in [0, 0.1) is 5.82 Å². The second kappa shape index (κ2) is 5.68. The van der Waals surface area contributed by atoms with E-state index in [1.165, 1.54) is 41.4 Å². The summed E-state index contributed by atoms with van der Waals surface area (Å²) in [7, 11) is 0. The van der Waals surface area contributed by atoms with Crippen molar-refractivity contribution in [1.82, 2.24) is 0 Å². The Morgan fingerprint density at radius 2 is 1.89 bits per heavy atom. The van der Waals surface area contributed by atoms with Crippen LogP contribution in [0.3, 0.4) is 0 Å². The van der Waals surface area contributed by atoms with E-state index in [1.807, 2.05) is 12.1 Å². The first kappa shape index (κ1) is 13.2. The highest BCUT2D eigenvalue weighted by Crippen LogP contribution is 2.30. The number of rotatable bonds is 3. The maximum absolute atomic E-state index is 13.7. The number of halogens is 2. The molecule has 0 amide bonds. The molecule has 3 rings (SSSR count). The van der Waals surface area contributed by atoms with E-state index >= 15 is 0 Å². The maximum Gasteiger partial charge on any atom is 0.128 e. The fraction of sp³-hybridized carbons (Fsp3) is 0.250. The van der Waals surface area contributed by atoms with Crippen molar-refractivity contribution in [1.29, 1.82) is 0 Å². The van der Waals surface area contributed by atoms with Crippen LogP contribution in [0.15, 0.2) is 45.8 Å². The lowest BCUT2D eigenvalue weighted by atomic mass is 10.1. The van der Waals surface area contributed by atoms with Crippen LogP contribution >= 0.6 is 27.7 Å². The van der Waals surface area contributed by atoms with Gasteiger partial charge < -0.3 is 0 Å². The molecule has 0 aliphatic heterocycles. The summed E-state index contributed by atoms with van der Waals surface area (Å²) in [6, 6.07) is 11.9. The number of thioether (sulfide) groups is 1. The summed E-state index contributed by atoms with van der Waals surface area (Å²) in [5.41, 5.74) is 3.72. The first-order valence-electron chi connectivity index (χ1n) is 6.41. The van der Waals surface area contributed by atoms with Crippen LogP contribution in [0.1, 0.15) is 23.1 Å². The van der Waals surface area contributed by atoms with Crippen molar-refractivity contribution in [3.8, 4) is 0 Å². The van der Waals surface area contributed by atoms with Gasteiger partial charge in [0.05, 0.1) is 0 Å². The predicted molar refractivity (Wildman–Crippen MR) is 82.1 cm³/mol. The molecule has 1 aliphatic carbocycles. The Bertz CT molecular complexity index is 610. The third-order valence-electron chi connectivity index (χ3n) is 3.48. The van der Waals surface area contributed by atoms with Crippen LogP contribution in [0.5, 0.6) is 0 Å². The van der Waals surface area contributed by atoms with Crippen molar-refractivity contribution in [3.63, 3.8) is 0 Å². The number of hydrogen-bond acceptors (Lipinski definition) is 1. The lowest BCUT2D eigenvalue weighted by Crippen LogP contribution is -1.88. The first-order chi connectivity index (χ1) is 9.22. The van der Waals surface area contributed by atoms with Crippen LogP contribution in [0.25, 0.3) is 0 Å². The van der Waals surface area contributed by atoms with Gasteiger partial charge >= 0.3 is 0 Å². The average molecular weight is 337 g/mol. The molecule has 0 radical (unpaired) electrons. The summed E-state index contributed by atoms with van der Waals surface area (Å²) in [6.07, 6.45) is 3.67. The highest BCUT2D eigenvalue weighted by molar-refractivity contribution is 9.10. The Labute approximate surface area is 125 Å². The molecular formula is C16H14BrFS. The van der Waals surface area contributed by atoms with Crippen molar-refractivity contribution < 1.29 is 4.39 Å². The van der Waals surface area contributed by atoms with E-state index < -0.39 is 0 Å². The summed E-state index contributed by atoms with van der Waals surface area (Å²) < 4.78 is 14.5. The smallest absolute Gasteiger partial charge is 0.128 e. The van der Waals surface area contributed by atoms with E-state index in [0.717, 1.165) is 10.0 Å². The Hall–Kier alpha value is -0.800. The molecular weight excluding hydrogens is 323 g/mol. The fourth-order valence-corrected chi connectivity index (χ4v) is 3.72. The van der Waals surface area contributed by atoms with E-state index in [-0.39, 0.29) is 5.82 Å². The van der Waals surface area contributed by atoms with Crippen LogP contribution < -0.4 is 0 Å². The van der Waals surface area contributed by atoms with E-state index in [2.05, 4.69) is 34.1 Å². The molecule has 0 N–H and O–H groups in total. The third kappa shape index (κ3) is 3.03. The van der Waals surface area contributed by atoms with Gasteiger partial charge in [0.25, 0.3) is 0 Å². The van der Waals surface area contributed by atoms with Gasteiger partial charge in [0.2, 0.25) is 0 Å². The van der Waals surface area contributed by atoms with Gasteiger partial charge in [-0.05, 0) is 60.2 Å². The number of fused-ring (bicyclic) bond motifs is 1. The minimum atomic E-state index is -0.136. The summed E-state index contributed by atoms with van der Waals surface area (Å²) in [5.74, 6) is 0.542. The zero-order valence-corrected chi connectivity index (χ0v) is 12.9. The minimum Gasteiger partial charge on any atom is -0.207 e. The maximum atomic E-state index is 13.7. The predicted octanol–water partition coefficient (Wildman–Crippen LogP) is 5.37. The molecule has 0 atom stereocenters. The van der Waals surface area contributed by atoms with E-state index in [9.17, 15) is 4.39 Å². The van der Waals surface area contributed by atoms with E-state index in [4.69, 9.17) is 0 Å². The van der Waals surface area contributed by atoms with E-state index in [0.29, 0.717) is 5.75 Å². The molecule has 2 aromatic carbocycles. The van der Waals surface area contributed by atoms with Crippen molar-refractivity contribution >= 4 is 27.7 Å². The second-order valence-electron chi connectivity index (χ2n) is 4.81. The van der Waals surface area contributed by atoms with Crippen LogP contribution in [-0.4, -0.2) is 0 Å². The van der Waals surface area contributed by atoms with Gasteiger partial charge in [0.15, 0.2) is 0 Å². The number of benzene rings is 2. The largest absolute Gasteiger partial charge is 0.207 e. The normalized spacial score (nSPS) is 13.6. The molecule has 19 heavy (non-hydrogen) atoms. The van der Waals surface area contributed by atoms with Crippen LogP contribution in [0.4, 0.5) is 4.39 Å². The van der Waals surface area contributed by atoms with E-state index in [1.54, 1.807) is 11.8 Å². The molecule has 2 aromatic rings. The van der Waals surface area contributed by atoms with Crippen molar-refractivity contribution in [2.24, 2.45) is 0 Å². The number of hydrogen-bond donors (Lipinski definition) is 0. The average Bonchev–Trinajstić information content (AvgIpc) is 2.85. The second-order valence-corrected chi connectivity index (χ2v) is 6.77. The van der Waals surface area contributed by atoms with Gasteiger partial charge in [-0.1, -0.05) is 28.1 Å². The fourth-order valence-electron chi connectivity index (χ4n) is 2.44. The summed E-state index contributed by atoms with van der Waals surface area (Å²) in [5, 5.41) is 0. The van der Waals surface area contributed by atoms with Crippen molar-refractivity contribution in [2.75, 3.05) is 0 Å². The lowest BCUT2D eigenvalue weighted by Gasteiger charge is -2.06. The molecule has 0 bridgehead atoms. The third-order valence-corrected chi connectivity index (χ3v) is 5.02. The van der Waals surface area contributed by atoms with Gasteiger partial charge in [-0.15, -0.1) is 11.8 Å². The summed E-state index contributed by atoms with van der Waals surface area (Å²) >= 11 is 4.98. The SMILES string of the molecule is Fc1cc(Br)ccc1CSc1ccc2c(c1)CCC2. The standard InChI is InChI=1S/C16H14BrFS/c17-14-6-4-13(16(18)9-14)10-19-15-7-5-11-2-1-3-12(11)8-15/h4-9H,1-3,10H2. The highest BCUT2D eigenvalue weighted by atomic mass is 79.9. The van der Waals surface area contributed by atoms with Gasteiger partial charge in [0, 0.05) is 15.1 Å². The molecule has 1 aliphatic rings. The quantitative estimate of drug-likeness (QED) is 0.679. The van der Waals surface area contributed by atoms with Crippen LogP contribution in [0.2, 0.25) is 0 Å². The molecule has 3 heteroatoms. The van der Waals surface area contributed by atoms with Crippen molar-refractivity contribution in [2.45, 2.75) is 29.9 Å². The Balaban J connectivity index is 1.72. The highest BCUT2D eigenvalue weighted by Gasteiger charge is 2.11. The molecule has 0 nitrogen and oxygen atoms in total. The molecule has 0 unspecified atom stereocenters. The number of aryl methyl sites for hydroxylation is 2. The lowest BCUT2D eigenvalue weighted by molar-refractivity contribution is 0.616. The molecule has 0 spiro atoms. The molecule has 0 heterocycles. The minimum absolute atomic E-state index is 0.136. The van der Waals surface area contributed by atoms with Gasteiger partial charge in [0.1, 0.15) is 5.82 Å². The van der Waals surface area contributed by atoms with Crippen molar-refractivity contribution in [3.05, 3.63) is 63.4 Å². The van der Waals surface area contributed by atoms with Gasteiger partial charge in [-0.2, -0.15) is 0 Å². The Morgan fingerprint density at radius 3 is 2.74 bits per heavy atom. The molecule has 98 valence electrons. The monoisotopic (exact) mass is 336 g/mol. The molecule has 0 fully saturated rings. The van der Waals surface area contributed by atoms with Crippen LogP contribution in [-0.2, 0) is 18.6 Å². The van der Waals surface area contributed by atoms with Gasteiger partial charge in [-0.3, -0.25) is 0 Å². The summed E-state index contributed by atoms with van der Waals surface area (Å²) in [6.45, 7) is 0. The first-order valence-corrected chi connectivity index (χ1v) is 8.19. The molecule has 0 aromatic heterocycles. The zero-order chi connectivity index (χ0) is 13.2. The molecule has 0 saturated heterocycles. The molecule has 0 saturated carbocycles. The topological polar surface area (TPSA) is 0 Å². The zero-order valence-electron chi connectivity index (χ0n) is 10.5. The Morgan fingerprint density at radius 1 is 1.05 bits per heavy atom. The Kier molecular flexibility index (Phi) is 3.94. The van der Waals surface area contributed by atoms with Gasteiger partial charge in [-0.25, -0.2) is 4.39 Å².